The monoisotopic (exact) mass is 349 g/mol. The van der Waals surface area contributed by atoms with Crippen molar-refractivity contribution in [2.75, 3.05) is 37.4 Å². The fourth-order valence-corrected chi connectivity index (χ4v) is 3.22. The number of rotatable bonds is 7. The van der Waals surface area contributed by atoms with Crippen LogP contribution in [0, 0.1) is 13.8 Å². The van der Waals surface area contributed by atoms with E-state index in [1.165, 1.54) is 0 Å². The Labute approximate surface area is 143 Å². The molecule has 0 fully saturated rings. The number of nitrogens with one attached hydrogen (secondary N) is 2. The molecular formula is C16H23N5O2S. The van der Waals surface area contributed by atoms with Crippen LogP contribution in [0.1, 0.15) is 11.3 Å². The number of nitrogens with zero attached hydrogens (tertiary/aromatic N) is 3. The Hall–Kier alpha value is -2.19. The van der Waals surface area contributed by atoms with Gasteiger partial charge in [-0.2, -0.15) is 4.98 Å². The van der Waals surface area contributed by atoms with E-state index >= 15 is 0 Å². The number of anilines is 2. The summed E-state index contributed by atoms with van der Waals surface area (Å²) in [4.78, 5) is 10.8. The molecule has 1 aromatic carbocycles. The van der Waals surface area contributed by atoms with Gasteiger partial charge in [0.05, 0.1) is 4.90 Å². The molecule has 0 saturated heterocycles. The van der Waals surface area contributed by atoms with Gasteiger partial charge in [0.25, 0.3) is 0 Å². The topological polar surface area (TPSA) is 87.2 Å². The Bertz CT molecular complexity index is 806. The van der Waals surface area contributed by atoms with Crippen LogP contribution in [-0.4, -0.2) is 45.6 Å². The molecule has 0 saturated carbocycles. The third-order valence-corrected chi connectivity index (χ3v) is 4.76. The maximum absolute atomic E-state index is 12.2. The third-order valence-electron chi connectivity index (χ3n) is 3.30. The van der Waals surface area contributed by atoms with Gasteiger partial charge in [-0.3, -0.25) is 0 Å². The zero-order valence-corrected chi connectivity index (χ0v) is 15.2. The number of hydrogen-bond acceptors (Lipinski definition) is 6. The molecule has 1 aromatic heterocycles. The van der Waals surface area contributed by atoms with E-state index in [9.17, 15) is 8.42 Å². The van der Waals surface area contributed by atoms with Gasteiger partial charge in [-0.1, -0.05) is 12.1 Å². The van der Waals surface area contributed by atoms with Gasteiger partial charge in [0.1, 0.15) is 5.82 Å². The van der Waals surface area contributed by atoms with Crippen LogP contribution in [0.3, 0.4) is 0 Å². The van der Waals surface area contributed by atoms with E-state index in [4.69, 9.17) is 0 Å². The highest BCUT2D eigenvalue weighted by Gasteiger charge is 2.13. The van der Waals surface area contributed by atoms with Crippen molar-refractivity contribution in [2.24, 2.45) is 0 Å². The van der Waals surface area contributed by atoms with E-state index in [1.54, 1.807) is 18.2 Å². The third kappa shape index (κ3) is 4.90. The summed E-state index contributed by atoms with van der Waals surface area (Å²) in [6.07, 6.45) is 0. The summed E-state index contributed by atoms with van der Waals surface area (Å²) >= 11 is 0. The molecule has 0 bridgehead atoms. The summed E-state index contributed by atoms with van der Waals surface area (Å²) in [6, 6.07) is 8.69. The zero-order valence-electron chi connectivity index (χ0n) is 14.4. The van der Waals surface area contributed by atoms with Crippen molar-refractivity contribution in [3.63, 3.8) is 0 Å². The van der Waals surface area contributed by atoms with Crippen molar-refractivity contribution in [1.82, 2.24) is 14.7 Å². The highest BCUT2D eigenvalue weighted by Crippen LogP contribution is 2.12. The van der Waals surface area contributed by atoms with Gasteiger partial charge < -0.3 is 10.2 Å². The number of benzene rings is 1. The Balaban J connectivity index is 1.93. The molecule has 24 heavy (non-hydrogen) atoms. The molecule has 0 radical (unpaired) electrons. The summed E-state index contributed by atoms with van der Waals surface area (Å²) in [5.41, 5.74) is 1.75. The SMILES string of the molecule is Cc1cccc(S(=O)(=O)NCCNc2nc(C)cc(N(C)C)n2)c1. The molecule has 130 valence electrons. The van der Waals surface area contributed by atoms with Gasteiger partial charge in [-0.25, -0.2) is 18.1 Å². The van der Waals surface area contributed by atoms with E-state index in [0.29, 0.717) is 12.5 Å². The van der Waals surface area contributed by atoms with Crippen molar-refractivity contribution in [2.45, 2.75) is 18.7 Å². The van der Waals surface area contributed by atoms with Crippen LogP contribution in [0.15, 0.2) is 35.2 Å². The molecule has 8 heteroatoms. The number of sulfonamides is 1. The number of aryl methyl sites for hydroxylation is 2. The van der Waals surface area contributed by atoms with Crippen LogP contribution in [0.5, 0.6) is 0 Å². The van der Waals surface area contributed by atoms with E-state index in [2.05, 4.69) is 20.0 Å². The minimum Gasteiger partial charge on any atom is -0.363 e. The number of hydrogen-bond donors (Lipinski definition) is 2. The van der Waals surface area contributed by atoms with Crippen molar-refractivity contribution in [3.05, 3.63) is 41.6 Å². The fraction of sp³-hybridized carbons (Fsp3) is 0.375. The Morgan fingerprint density at radius 3 is 2.50 bits per heavy atom. The molecule has 0 unspecified atom stereocenters. The maximum Gasteiger partial charge on any atom is 0.240 e. The van der Waals surface area contributed by atoms with E-state index in [0.717, 1.165) is 17.1 Å². The first-order valence-electron chi connectivity index (χ1n) is 7.61. The van der Waals surface area contributed by atoms with Crippen molar-refractivity contribution in [1.29, 1.82) is 0 Å². The number of aromatic nitrogens is 2. The molecule has 0 spiro atoms. The second-order valence-electron chi connectivity index (χ2n) is 5.73. The van der Waals surface area contributed by atoms with Crippen molar-refractivity contribution in [3.8, 4) is 0 Å². The molecule has 7 nitrogen and oxygen atoms in total. The first kappa shape index (κ1) is 18.2. The second kappa shape index (κ2) is 7.59. The largest absolute Gasteiger partial charge is 0.363 e. The normalized spacial score (nSPS) is 11.3. The Morgan fingerprint density at radius 1 is 1.08 bits per heavy atom. The first-order chi connectivity index (χ1) is 11.3. The minimum absolute atomic E-state index is 0.241. The summed E-state index contributed by atoms with van der Waals surface area (Å²) in [6.45, 7) is 4.38. The Kier molecular flexibility index (Phi) is 5.74. The molecule has 2 aromatic rings. The van der Waals surface area contributed by atoms with E-state index < -0.39 is 10.0 Å². The standard InChI is InChI=1S/C16H23N5O2S/c1-12-6-5-7-14(10-12)24(22,23)18-9-8-17-16-19-13(2)11-15(20-16)21(3)4/h5-7,10-11,18H,8-9H2,1-4H3,(H,17,19,20). The summed E-state index contributed by atoms with van der Waals surface area (Å²) in [7, 11) is 0.303. The lowest BCUT2D eigenvalue weighted by atomic mass is 10.2. The van der Waals surface area contributed by atoms with Gasteiger partial charge >= 0.3 is 0 Å². The van der Waals surface area contributed by atoms with Crippen LogP contribution in [0.4, 0.5) is 11.8 Å². The van der Waals surface area contributed by atoms with Crippen LogP contribution >= 0.6 is 0 Å². The molecule has 2 N–H and O–H groups in total. The van der Waals surface area contributed by atoms with Gasteiger partial charge in [0, 0.05) is 38.9 Å². The van der Waals surface area contributed by atoms with Gasteiger partial charge in [0.2, 0.25) is 16.0 Å². The molecule has 1 heterocycles. The van der Waals surface area contributed by atoms with E-state index in [-0.39, 0.29) is 11.4 Å². The van der Waals surface area contributed by atoms with Crippen molar-refractivity contribution >= 4 is 21.8 Å². The Morgan fingerprint density at radius 2 is 1.83 bits per heavy atom. The van der Waals surface area contributed by atoms with Gasteiger partial charge in [-0.05, 0) is 31.5 Å². The molecule has 0 atom stereocenters. The van der Waals surface area contributed by atoms with Gasteiger partial charge in [0.15, 0.2) is 0 Å². The summed E-state index contributed by atoms with van der Waals surface area (Å²) < 4.78 is 27.0. The minimum atomic E-state index is -3.51. The first-order valence-corrected chi connectivity index (χ1v) is 9.09. The molecule has 0 amide bonds. The summed E-state index contributed by atoms with van der Waals surface area (Å²) in [5.74, 6) is 1.28. The highest BCUT2D eigenvalue weighted by atomic mass is 32.2. The maximum atomic E-state index is 12.2. The van der Waals surface area contributed by atoms with Crippen LogP contribution in [0.2, 0.25) is 0 Å². The molecule has 0 aliphatic carbocycles. The van der Waals surface area contributed by atoms with Crippen molar-refractivity contribution < 1.29 is 8.42 Å². The summed E-state index contributed by atoms with van der Waals surface area (Å²) in [5, 5.41) is 3.04. The quantitative estimate of drug-likeness (QED) is 0.738. The smallest absolute Gasteiger partial charge is 0.240 e. The average Bonchev–Trinajstić information content (AvgIpc) is 2.51. The molecule has 0 aliphatic rings. The lowest BCUT2D eigenvalue weighted by molar-refractivity contribution is 0.582. The predicted molar refractivity (Wildman–Crippen MR) is 96.0 cm³/mol. The van der Waals surface area contributed by atoms with Crippen LogP contribution in [0.25, 0.3) is 0 Å². The highest BCUT2D eigenvalue weighted by molar-refractivity contribution is 7.89. The lowest BCUT2D eigenvalue weighted by Gasteiger charge is -2.14. The fourth-order valence-electron chi connectivity index (χ4n) is 2.09. The molecule has 0 aliphatic heterocycles. The zero-order chi connectivity index (χ0) is 17.7. The van der Waals surface area contributed by atoms with Gasteiger partial charge in [-0.15, -0.1) is 0 Å². The predicted octanol–water partition coefficient (Wildman–Crippen LogP) is 1.55. The van der Waals surface area contributed by atoms with E-state index in [1.807, 2.05) is 45.0 Å². The second-order valence-corrected chi connectivity index (χ2v) is 7.49. The lowest BCUT2D eigenvalue weighted by Crippen LogP contribution is -2.29. The van der Waals surface area contributed by atoms with Crippen LogP contribution < -0.4 is 14.9 Å². The van der Waals surface area contributed by atoms with Crippen LogP contribution in [-0.2, 0) is 10.0 Å². The average molecular weight is 349 g/mol. The molecular weight excluding hydrogens is 326 g/mol. The molecule has 2 rings (SSSR count).